The minimum absolute atomic E-state index is 0.340. The molecule has 0 heterocycles. The predicted octanol–water partition coefficient (Wildman–Crippen LogP) is -3.57. The van der Waals surface area contributed by atoms with Gasteiger partial charge in [0, 0.05) is 11.9 Å². The molecular formula is C8H14N2O4-2. The van der Waals surface area contributed by atoms with E-state index in [0.29, 0.717) is 19.5 Å². The summed E-state index contributed by atoms with van der Waals surface area (Å²) in [6, 6.07) is -1.23. The highest BCUT2D eigenvalue weighted by molar-refractivity contribution is 5.80. The topological polar surface area (TPSA) is 118 Å². The third-order valence-corrected chi connectivity index (χ3v) is 1.87. The first kappa shape index (κ1) is 12.9. The summed E-state index contributed by atoms with van der Waals surface area (Å²) in [6.45, 7) is 2.00. The molecule has 3 N–H and O–H groups in total. The van der Waals surface area contributed by atoms with E-state index in [0.717, 1.165) is 0 Å². The molecule has 0 aromatic rings. The number of hydrogen-bond acceptors (Lipinski definition) is 6. The quantitative estimate of drug-likeness (QED) is 0.412. The molecule has 0 aliphatic heterocycles. The summed E-state index contributed by atoms with van der Waals surface area (Å²) in [6.07, 6.45) is 0.573. The molecule has 0 fully saturated rings. The Morgan fingerprint density at radius 3 is 2.29 bits per heavy atom. The van der Waals surface area contributed by atoms with Crippen LogP contribution < -0.4 is 21.3 Å². The van der Waals surface area contributed by atoms with Gasteiger partial charge < -0.3 is 30.9 Å². The van der Waals surface area contributed by atoms with E-state index in [9.17, 15) is 19.8 Å². The highest BCUT2D eigenvalue weighted by atomic mass is 16.4. The molecule has 6 nitrogen and oxygen atoms in total. The molecule has 0 spiro atoms. The van der Waals surface area contributed by atoms with Gasteiger partial charge in [-0.1, -0.05) is 6.92 Å². The van der Waals surface area contributed by atoms with Crippen molar-refractivity contribution in [2.75, 3.05) is 13.1 Å². The molecule has 0 radical (unpaired) electrons. The summed E-state index contributed by atoms with van der Waals surface area (Å²) >= 11 is 0. The van der Waals surface area contributed by atoms with E-state index < -0.39 is 23.9 Å². The highest BCUT2D eigenvalue weighted by Crippen LogP contribution is 2.00. The molecule has 14 heavy (non-hydrogen) atoms. The summed E-state index contributed by atoms with van der Waals surface area (Å²) in [5, 5.41) is 23.5. The molecule has 0 aromatic carbocycles. The normalized spacial score (nSPS) is 14.7. The summed E-state index contributed by atoms with van der Waals surface area (Å²) in [7, 11) is 0. The van der Waals surface area contributed by atoms with E-state index in [2.05, 4.69) is 5.32 Å². The molecule has 0 bridgehead atoms. The zero-order valence-corrected chi connectivity index (χ0v) is 7.99. The number of carboxylic acids is 2. The molecule has 82 valence electrons. The second-order valence-corrected chi connectivity index (χ2v) is 3.00. The van der Waals surface area contributed by atoms with Crippen LogP contribution in [0.1, 0.15) is 13.3 Å². The van der Waals surface area contributed by atoms with Gasteiger partial charge in [0.2, 0.25) is 0 Å². The van der Waals surface area contributed by atoms with Gasteiger partial charge in [-0.3, -0.25) is 0 Å². The summed E-state index contributed by atoms with van der Waals surface area (Å²) in [5.74, 6) is -3.99. The lowest BCUT2D eigenvalue weighted by Gasteiger charge is -2.26. The number of hydrogen-bond donors (Lipinski definition) is 2. The van der Waals surface area contributed by atoms with Crippen LogP contribution in [0.25, 0.3) is 0 Å². The summed E-state index contributed by atoms with van der Waals surface area (Å²) in [5.41, 5.74) is 5.20. The van der Waals surface area contributed by atoms with Gasteiger partial charge >= 0.3 is 0 Å². The maximum Gasteiger partial charge on any atom is 0.0590 e. The first-order chi connectivity index (χ1) is 6.50. The Bertz CT molecular complexity index is 208. The SMILES string of the molecule is CC(C(=O)[O-])C(NCCCN)C(=O)[O-]. The van der Waals surface area contributed by atoms with Crippen molar-refractivity contribution in [1.82, 2.24) is 5.32 Å². The Morgan fingerprint density at radius 1 is 1.36 bits per heavy atom. The Balaban J connectivity index is 4.15. The summed E-state index contributed by atoms with van der Waals surface area (Å²) < 4.78 is 0. The lowest BCUT2D eigenvalue weighted by Crippen LogP contribution is -2.54. The van der Waals surface area contributed by atoms with Crippen molar-refractivity contribution in [3.05, 3.63) is 0 Å². The second kappa shape index (κ2) is 6.33. The average Bonchev–Trinajstić information content (AvgIpc) is 2.10. The van der Waals surface area contributed by atoms with Gasteiger partial charge in [0.25, 0.3) is 0 Å². The zero-order chi connectivity index (χ0) is 11.1. The van der Waals surface area contributed by atoms with Crippen molar-refractivity contribution in [3.63, 3.8) is 0 Å². The van der Waals surface area contributed by atoms with Gasteiger partial charge in [-0.2, -0.15) is 0 Å². The van der Waals surface area contributed by atoms with Gasteiger partial charge in [-0.05, 0) is 19.5 Å². The number of carbonyl (C=O) groups is 2. The fourth-order valence-electron chi connectivity index (χ4n) is 0.960. The van der Waals surface area contributed by atoms with Crippen molar-refractivity contribution in [3.8, 4) is 0 Å². The van der Waals surface area contributed by atoms with E-state index >= 15 is 0 Å². The van der Waals surface area contributed by atoms with Crippen LogP contribution >= 0.6 is 0 Å². The van der Waals surface area contributed by atoms with E-state index in [4.69, 9.17) is 5.73 Å². The Morgan fingerprint density at radius 2 is 1.93 bits per heavy atom. The first-order valence-electron chi connectivity index (χ1n) is 4.36. The van der Waals surface area contributed by atoms with Crippen LogP contribution in [0, 0.1) is 5.92 Å². The zero-order valence-electron chi connectivity index (χ0n) is 7.99. The number of nitrogens with one attached hydrogen (secondary N) is 1. The Kier molecular flexibility index (Phi) is 5.82. The van der Waals surface area contributed by atoms with Crippen molar-refractivity contribution in [1.29, 1.82) is 0 Å². The molecule has 0 saturated carbocycles. The van der Waals surface area contributed by atoms with Crippen molar-refractivity contribution in [2.45, 2.75) is 19.4 Å². The lowest BCUT2D eigenvalue weighted by atomic mass is 10.0. The van der Waals surface area contributed by atoms with Crippen molar-refractivity contribution < 1.29 is 19.8 Å². The maximum absolute atomic E-state index is 10.5. The molecule has 0 aliphatic carbocycles. The number of rotatable bonds is 7. The van der Waals surface area contributed by atoms with Crippen molar-refractivity contribution in [2.24, 2.45) is 11.7 Å². The molecular weight excluding hydrogens is 188 g/mol. The number of aliphatic carboxylic acids is 2. The molecule has 0 amide bonds. The molecule has 0 saturated heterocycles. The van der Waals surface area contributed by atoms with Gasteiger partial charge in [0.1, 0.15) is 0 Å². The lowest BCUT2D eigenvalue weighted by molar-refractivity contribution is -0.322. The standard InChI is InChI=1S/C8H16N2O4/c1-5(7(11)12)6(8(13)14)10-4-2-3-9/h5-6,10H,2-4,9H2,1H3,(H,11,12)(H,13,14)/p-2. The third kappa shape index (κ3) is 4.20. The molecule has 0 aromatic heterocycles. The van der Waals surface area contributed by atoms with Gasteiger partial charge in [0.05, 0.1) is 12.0 Å². The minimum Gasteiger partial charge on any atom is -0.550 e. The Labute approximate surface area is 82.1 Å². The Hall–Kier alpha value is -1.14. The van der Waals surface area contributed by atoms with E-state index in [1.165, 1.54) is 6.92 Å². The monoisotopic (exact) mass is 202 g/mol. The van der Waals surface area contributed by atoms with E-state index in [1.54, 1.807) is 0 Å². The second-order valence-electron chi connectivity index (χ2n) is 3.00. The van der Waals surface area contributed by atoms with Crippen LogP contribution in [0.5, 0.6) is 0 Å². The van der Waals surface area contributed by atoms with Crippen LogP contribution in [-0.4, -0.2) is 31.1 Å². The minimum atomic E-state index is -1.45. The molecule has 0 aliphatic rings. The highest BCUT2D eigenvalue weighted by Gasteiger charge is 2.18. The predicted molar refractivity (Wildman–Crippen MR) is 44.6 cm³/mol. The van der Waals surface area contributed by atoms with E-state index in [1.807, 2.05) is 0 Å². The molecule has 6 heteroatoms. The number of carbonyl (C=O) groups excluding carboxylic acids is 2. The van der Waals surface area contributed by atoms with E-state index in [-0.39, 0.29) is 0 Å². The van der Waals surface area contributed by atoms with Gasteiger partial charge in [-0.25, -0.2) is 0 Å². The smallest absolute Gasteiger partial charge is 0.0590 e. The van der Waals surface area contributed by atoms with Crippen LogP contribution in [0.4, 0.5) is 0 Å². The van der Waals surface area contributed by atoms with Gasteiger partial charge in [-0.15, -0.1) is 0 Å². The fraction of sp³-hybridized carbons (Fsp3) is 0.750. The third-order valence-electron chi connectivity index (χ3n) is 1.87. The van der Waals surface area contributed by atoms with Crippen LogP contribution in [0.2, 0.25) is 0 Å². The molecule has 2 unspecified atom stereocenters. The van der Waals surface area contributed by atoms with Gasteiger partial charge in [0.15, 0.2) is 0 Å². The average molecular weight is 202 g/mol. The molecule has 2 atom stereocenters. The fourth-order valence-corrected chi connectivity index (χ4v) is 0.960. The van der Waals surface area contributed by atoms with Crippen LogP contribution in [0.3, 0.4) is 0 Å². The number of carboxylic acid groups (broad SMARTS) is 2. The number of nitrogens with two attached hydrogens (primary N) is 1. The van der Waals surface area contributed by atoms with Crippen LogP contribution in [-0.2, 0) is 9.59 Å². The van der Waals surface area contributed by atoms with Crippen LogP contribution in [0.15, 0.2) is 0 Å². The maximum atomic E-state index is 10.5. The first-order valence-corrected chi connectivity index (χ1v) is 4.36. The summed E-state index contributed by atoms with van der Waals surface area (Å²) in [4.78, 5) is 21.0. The van der Waals surface area contributed by atoms with Crippen molar-refractivity contribution >= 4 is 11.9 Å². The largest absolute Gasteiger partial charge is 0.550 e. The molecule has 0 rings (SSSR count).